The van der Waals surface area contributed by atoms with Gasteiger partial charge >= 0.3 is 5.97 Å². The molecule has 2 aromatic rings. The maximum absolute atomic E-state index is 12.5. The Morgan fingerprint density at radius 1 is 1.43 bits per heavy atom. The molecule has 0 bridgehead atoms. The van der Waals surface area contributed by atoms with Gasteiger partial charge in [0.25, 0.3) is 5.91 Å². The van der Waals surface area contributed by atoms with E-state index in [1.165, 1.54) is 22.5 Å². The van der Waals surface area contributed by atoms with Crippen LogP contribution < -0.4 is 0 Å². The number of rotatable bonds is 5. The Balaban J connectivity index is 2.19. The zero-order valence-electron chi connectivity index (χ0n) is 11.6. The van der Waals surface area contributed by atoms with Crippen LogP contribution in [0, 0.1) is 6.92 Å². The molecule has 0 radical (unpaired) electrons. The van der Waals surface area contributed by atoms with E-state index in [9.17, 15) is 9.59 Å². The van der Waals surface area contributed by atoms with Gasteiger partial charge in [0.15, 0.2) is 0 Å². The van der Waals surface area contributed by atoms with Crippen molar-refractivity contribution in [2.75, 3.05) is 7.05 Å². The number of carbonyl (C=O) groups excluding carboxylic acids is 1. The van der Waals surface area contributed by atoms with E-state index in [4.69, 9.17) is 21.1 Å². The summed E-state index contributed by atoms with van der Waals surface area (Å²) in [7, 11) is 1.66. The molecular weight excluding hydrogens is 314 g/mol. The molecule has 0 aromatic carbocycles. The molecule has 1 amide bonds. The molecule has 5 nitrogen and oxygen atoms in total. The molecule has 2 rings (SSSR count). The number of carbonyl (C=O) groups is 2. The molecule has 0 saturated carbocycles. The number of furan rings is 1. The van der Waals surface area contributed by atoms with Crippen molar-refractivity contribution >= 4 is 34.8 Å². The van der Waals surface area contributed by atoms with Crippen LogP contribution >= 0.6 is 22.9 Å². The number of carboxylic acid groups (broad SMARTS) is 1. The summed E-state index contributed by atoms with van der Waals surface area (Å²) in [4.78, 5) is 25.8. The molecule has 21 heavy (non-hydrogen) atoms. The number of amides is 1. The van der Waals surface area contributed by atoms with Crippen LogP contribution in [0.4, 0.5) is 0 Å². The monoisotopic (exact) mass is 327 g/mol. The number of nitrogens with zero attached hydrogens (tertiary/aromatic N) is 1. The van der Waals surface area contributed by atoms with E-state index < -0.39 is 5.97 Å². The van der Waals surface area contributed by atoms with Crippen LogP contribution in [0.15, 0.2) is 22.8 Å². The quantitative estimate of drug-likeness (QED) is 0.915. The molecule has 0 aliphatic heterocycles. The summed E-state index contributed by atoms with van der Waals surface area (Å²) in [5, 5.41) is 8.86. The van der Waals surface area contributed by atoms with Crippen molar-refractivity contribution in [3.63, 3.8) is 0 Å². The number of aryl methyl sites for hydroxylation is 1. The fourth-order valence-corrected chi connectivity index (χ4v) is 3.13. The summed E-state index contributed by atoms with van der Waals surface area (Å²) < 4.78 is 5.85. The Kier molecular flexibility index (Phi) is 4.69. The minimum atomic E-state index is -1.04. The number of hydrogen-bond acceptors (Lipinski definition) is 4. The second-order valence-corrected chi connectivity index (χ2v) is 6.45. The summed E-state index contributed by atoms with van der Waals surface area (Å²) in [6.07, 6.45) is 1.09. The molecule has 7 heteroatoms. The van der Waals surface area contributed by atoms with Crippen molar-refractivity contribution in [3.8, 4) is 0 Å². The average molecular weight is 328 g/mol. The van der Waals surface area contributed by atoms with Gasteiger partial charge in [-0.05, 0) is 19.1 Å². The molecule has 0 spiro atoms. The summed E-state index contributed by atoms with van der Waals surface area (Å²) in [5.41, 5.74) is 0.954. The smallest absolute Gasteiger partial charge is 0.311 e. The van der Waals surface area contributed by atoms with E-state index in [0.29, 0.717) is 22.0 Å². The lowest BCUT2D eigenvalue weighted by molar-refractivity contribution is -0.136. The SMILES string of the molecule is Cc1coc(CC(=O)O)c1C(=O)N(C)Cc1ccc(Cl)s1. The van der Waals surface area contributed by atoms with Crippen molar-refractivity contribution in [2.24, 2.45) is 0 Å². The van der Waals surface area contributed by atoms with E-state index in [1.807, 2.05) is 6.07 Å². The van der Waals surface area contributed by atoms with Crippen molar-refractivity contribution in [2.45, 2.75) is 19.9 Å². The maximum atomic E-state index is 12.5. The fraction of sp³-hybridized carbons (Fsp3) is 0.286. The van der Waals surface area contributed by atoms with Crippen molar-refractivity contribution in [3.05, 3.63) is 44.5 Å². The molecule has 0 unspecified atom stereocenters. The fourth-order valence-electron chi connectivity index (χ4n) is 1.99. The molecule has 0 aliphatic rings. The predicted molar refractivity (Wildman–Crippen MR) is 79.9 cm³/mol. The second kappa shape index (κ2) is 6.32. The lowest BCUT2D eigenvalue weighted by Crippen LogP contribution is -2.27. The van der Waals surface area contributed by atoms with Crippen LogP contribution in [0.5, 0.6) is 0 Å². The largest absolute Gasteiger partial charge is 0.481 e. The minimum absolute atomic E-state index is 0.182. The van der Waals surface area contributed by atoms with Crippen LogP contribution in [0.3, 0.4) is 0 Å². The topological polar surface area (TPSA) is 70.7 Å². The molecule has 0 fully saturated rings. The zero-order chi connectivity index (χ0) is 15.6. The van der Waals surface area contributed by atoms with Gasteiger partial charge in [0, 0.05) is 17.5 Å². The average Bonchev–Trinajstić information content (AvgIpc) is 2.95. The van der Waals surface area contributed by atoms with Crippen molar-refractivity contribution in [1.29, 1.82) is 0 Å². The summed E-state index contributed by atoms with van der Waals surface area (Å²) in [6.45, 7) is 2.13. The van der Waals surface area contributed by atoms with Gasteiger partial charge in [0.05, 0.1) is 22.7 Å². The van der Waals surface area contributed by atoms with Crippen molar-refractivity contribution in [1.82, 2.24) is 4.90 Å². The second-order valence-electron chi connectivity index (χ2n) is 4.65. The summed E-state index contributed by atoms with van der Waals surface area (Å²) in [5.74, 6) is -1.12. The molecule has 0 saturated heterocycles. The summed E-state index contributed by atoms with van der Waals surface area (Å²) >= 11 is 7.27. The third-order valence-electron chi connectivity index (χ3n) is 2.95. The third kappa shape index (κ3) is 3.65. The van der Waals surface area contributed by atoms with Crippen LogP contribution in [0.2, 0.25) is 4.34 Å². The molecule has 0 atom stereocenters. The molecule has 2 aromatic heterocycles. The summed E-state index contributed by atoms with van der Waals surface area (Å²) in [6, 6.07) is 3.63. The van der Waals surface area contributed by atoms with Crippen LogP contribution in [0.1, 0.15) is 26.6 Å². The Labute approximate surface area is 130 Å². The van der Waals surface area contributed by atoms with Gasteiger partial charge in [-0.2, -0.15) is 0 Å². The van der Waals surface area contributed by atoms with E-state index in [1.54, 1.807) is 20.0 Å². The van der Waals surface area contributed by atoms with Gasteiger partial charge in [-0.3, -0.25) is 9.59 Å². The highest BCUT2D eigenvalue weighted by Gasteiger charge is 2.23. The highest BCUT2D eigenvalue weighted by Crippen LogP contribution is 2.24. The van der Waals surface area contributed by atoms with E-state index in [0.717, 1.165) is 4.88 Å². The first kappa shape index (κ1) is 15.6. The van der Waals surface area contributed by atoms with Crippen molar-refractivity contribution < 1.29 is 19.1 Å². The van der Waals surface area contributed by atoms with Gasteiger partial charge in [0.2, 0.25) is 0 Å². The first-order valence-electron chi connectivity index (χ1n) is 6.17. The van der Waals surface area contributed by atoms with Gasteiger partial charge in [-0.1, -0.05) is 11.6 Å². The molecule has 112 valence electrons. The number of carboxylic acids is 1. The third-order valence-corrected chi connectivity index (χ3v) is 4.16. The number of aliphatic carboxylic acids is 1. The lowest BCUT2D eigenvalue weighted by atomic mass is 10.1. The van der Waals surface area contributed by atoms with E-state index >= 15 is 0 Å². The zero-order valence-corrected chi connectivity index (χ0v) is 13.1. The predicted octanol–water partition coefficient (Wildman–Crippen LogP) is 3.20. The highest BCUT2D eigenvalue weighted by atomic mass is 35.5. The van der Waals surface area contributed by atoms with Gasteiger partial charge in [0.1, 0.15) is 12.2 Å². The first-order chi connectivity index (χ1) is 9.88. The molecule has 0 aliphatic carbocycles. The number of halogens is 1. The molecule has 2 heterocycles. The number of hydrogen-bond donors (Lipinski definition) is 1. The Morgan fingerprint density at radius 2 is 2.14 bits per heavy atom. The molecular formula is C14H14ClNO4S. The van der Waals surface area contributed by atoms with Gasteiger partial charge < -0.3 is 14.4 Å². The molecule has 1 N–H and O–H groups in total. The number of thiophene rings is 1. The standard InChI is InChI=1S/C14H14ClNO4S/c1-8-7-20-10(5-12(17)18)13(8)14(19)16(2)6-9-3-4-11(15)21-9/h3-4,7H,5-6H2,1-2H3,(H,17,18). The van der Waals surface area contributed by atoms with Gasteiger partial charge in [-0.15, -0.1) is 11.3 Å². The Morgan fingerprint density at radius 3 is 2.71 bits per heavy atom. The van der Waals surface area contributed by atoms with Crippen LogP contribution in [0.25, 0.3) is 0 Å². The van der Waals surface area contributed by atoms with Crippen LogP contribution in [-0.2, 0) is 17.8 Å². The minimum Gasteiger partial charge on any atom is -0.481 e. The maximum Gasteiger partial charge on any atom is 0.311 e. The van der Waals surface area contributed by atoms with Gasteiger partial charge in [-0.25, -0.2) is 0 Å². The normalized spacial score (nSPS) is 10.6. The Hall–Kier alpha value is -1.79. The van der Waals surface area contributed by atoms with E-state index in [-0.39, 0.29) is 18.1 Å². The first-order valence-corrected chi connectivity index (χ1v) is 7.36. The Bertz CT molecular complexity index is 676. The lowest BCUT2D eigenvalue weighted by Gasteiger charge is -2.16. The van der Waals surface area contributed by atoms with Crippen LogP contribution in [-0.4, -0.2) is 28.9 Å². The highest BCUT2D eigenvalue weighted by molar-refractivity contribution is 7.16. The van der Waals surface area contributed by atoms with E-state index in [2.05, 4.69) is 0 Å².